The molecule has 0 bridgehead atoms. The Hall–Kier alpha value is -0.420. The molecule has 2 atom stereocenters. The number of ether oxygens (including phenoxy) is 1. The molecule has 1 fully saturated rings. The lowest BCUT2D eigenvalue weighted by Crippen LogP contribution is -2.43. The van der Waals surface area contributed by atoms with Crippen LogP contribution in [0.4, 0.5) is 4.79 Å². The first-order valence-corrected chi connectivity index (χ1v) is 8.71. The number of carbonyl (C=O) groups excluding carboxylic acids is 1. The Kier molecular flexibility index (Phi) is 7.17. The van der Waals surface area contributed by atoms with E-state index in [4.69, 9.17) is 4.74 Å². The van der Waals surface area contributed by atoms with E-state index in [0.717, 1.165) is 26.1 Å². The Morgan fingerprint density at radius 3 is 2.60 bits per heavy atom. The summed E-state index contributed by atoms with van der Waals surface area (Å²) in [6.45, 7) is 12.4. The Morgan fingerprint density at radius 1 is 1.40 bits per heavy atom. The molecule has 20 heavy (non-hydrogen) atoms. The van der Waals surface area contributed by atoms with Gasteiger partial charge >= 0.3 is 6.09 Å². The molecule has 5 heteroatoms. The second-order valence-electron chi connectivity index (χ2n) is 6.39. The number of hydrogen-bond acceptors (Lipinski definition) is 4. The molecule has 118 valence electrons. The number of nitrogens with zero attached hydrogens (tertiary/aromatic N) is 1. The van der Waals surface area contributed by atoms with Gasteiger partial charge in [-0.1, -0.05) is 13.8 Å². The van der Waals surface area contributed by atoms with E-state index in [1.54, 1.807) is 0 Å². The second kappa shape index (κ2) is 8.13. The molecule has 1 aliphatic rings. The summed E-state index contributed by atoms with van der Waals surface area (Å²) in [6, 6.07) is 0.585. The third-order valence-electron chi connectivity index (χ3n) is 3.31. The molecule has 1 rings (SSSR count). The first-order valence-electron chi connectivity index (χ1n) is 7.66. The van der Waals surface area contributed by atoms with E-state index in [9.17, 15) is 4.79 Å². The summed E-state index contributed by atoms with van der Waals surface area (Å²) >= 11 is 2.02. The number of amides is 1. The van der Waals surface area contributed by atoms with E-state index >= 15 is 0 Å². The Bertz CT molecular complexity index is 305. The molecule has 0 aromatic rings. The van der Waals surface area contributed by atoms with Gasteiger partial charge in [0.25, 0.3) is 0 Å². The van der Waals surface area contributed by atoms with Crippen molar-refractivity contribution in [3.8, 4) is 0 Å². The highest BCUT2D eigenvalue weighted by Crippen LogP contribution is 2.25. The van der Waals surface area contributed by atoms with Crippen LogP contribution in [0.25, 0.3) is 0 Å². The predicted octanol–water partition coefficient (Wildman–Crippen LogP) is 3.12. The summed E-state index contributed by atoms with van der Waals surface area (Å²) in [5.41, 5.74) is -0.424. The number of rotatable bonds is 6. The van der Waals surface area contributed by atoms with Crippen LogP contribution in [0.15, 0.2) is 0 Å². The van der Waals surface area contributed by atoms with Gasteiger partial charge in [-0.15, -0.1) is 0 Å². The normalized spacial score (nSPS) is 22.9. The molecule has 0 radical (unpaired) electrons. The Labute approximate surface area is 128 Å². The molecule has 0 aliphatic carbocycles. The van der Waals surface area contributed by atoms with Crippen LogP contribution in [-0.4, -0.2) is 53.3 Å². The molecule has 0 aromatic carbocycles. The Balaban J connectivity index is 2.36. The molecule has 0 saturated carbocycles. The van der Waals surface area contributed by atoms with Gasteiger partial charge < -0.3 is 15.0 Å². The third kappa shape index (κ3) is 6.35. The van der Waals surface area contributed by atoms with Crippen molar-refractivity contribution in [2.75, 3.05) is 25.4 Å². The quantitative estimate of drug-likeness (QED) is 0.818. The summed E-state index contributed by atoms with van der Waals surface area (Å²) in [5, 5.41) is 4.24. The summed E-state index contributed by atoms with van der Waals surface area (Å²) in [5.74, 6) is 1.24. The summed E-state index contributed by atoms with van der Waals surface area (Å²) in [7, 11) is 0. The van der Waals surface area contributed by atoms with E-state index in [-0.39, 0.29) is 6.09 Å². The summed E-state index contributed by atoms with van der Waals surface area (Å²) < 4.78 is 5.45. The smallest absolute Gasteiger partial charge is 0.410 e. The highest BCUT2D eigenvalue weighted by molar-refractivity contribution is 8.00. The zero-order valence-corrected chi connectivity index (χ0v) is 14.4. The highest BCUT2D eigenvalue weighted by atomic mass is 32.2. The van der Waals surface area contributed by atoms with Crippen LogP contribution < -0.4 is 5.32 Å². The molecule has 4 nitrogen and oxygen atoms in total. The lowest BCUT2D eigenvalue weighted by molar-refractivity contribution is 0.0250. The van der Waals surface area contributed by atoms with Crippen molar-refractivity contribution in [2.24, 2.45) is 0 Å². The van der Waals surface area contributed by atoms with E-state index in [2.05, 4.69) is 19.2 Å². The molecule has 2 unspecified atom stereocenters. The number of hydrogen-bond donors (Lipinski definition) is 1. The maximum Gasteiger partial charge on any atom is 0.410 e. The van der Waals surface area contributed by atoms with Gasteiger partial charge in [-0.3, -0.25) is 0 Å². The molecular weight excluding hydrogens is 272 g/mol. The van der Waals surface area contributed by atoms with Gasteiger partial charge in [0.2, 0.25) is 0 Å². The van der Waals surface area contributed by atoms with Crippen molar-refractivity contribution < 1.29 is 9.53 Å². The summed E-state index contributed by atoms with van der Waals surface area (Å²) in [4.78, 5) is 13.9. The van der Waals surface area contributed by atoms with E-state index in [1.165, 1.54) is 12.2 Å². The van der Waals surface area contributed by atoms with E-state index in [0.29, 0.717) is 11.3 Å². The number of carbonyl (C=O) groups is 1. The van der Waals surface area contributed by atoms with Gasteiger partial charge in [0.05, 0.1) is 0 Å². The van der Waals surface area contributed by atoms with Crippen molar-refractivity contribution in [1.82, 2.24) is 10.2 Å². The van der Waals surface area contributed by atoms with Crippen LogP contribution in [0.2, 0.25) is 0 Å². The van der Waals surface area contributed by atoms with Crippen molar-refractivity contribution in [3.05, 3.63) is 0 Å². The molecule has 0 spiro atoms. The van der Waals surface area contributed by atoms with Crippen LogP contribution in [0.1, 0.15) is 47.5 Å². The topological polar surface area (TPSA) is 41.6 Å². The average molecular weight is 302 g/mol. The fourth-order valence-corrected chi connectivity index (χ4v) is 3.50. The third-order valence-corrected chi connectivity index (χ3v) is 4.64. The first kappa shape index (κ1) is 17.6. The molecule has 1 amide bonds. The van der Waals surface area contributed by atoms with Gasteiger partial charge in [0.1, 0.15) is 5.60 Å². The van der Waals surface area contributed by atoms with Gasteiger partial charge in [0, 0.05) is 30.9 Å². The minimum Gasteiger partial charge on any atom is -0.444 e. The molecule has 1 saturated heterocycles. The van der Waals surface area contributed by atoms with Crippen molar-refractivity contribution in [1.29, 1.82) is 0 Å². The van der Waals surface area contributed by atoms with Crippen LogP contribution in [-0.2, 0) is 4.74 Å². The van der Waals surface area contributed by atoms with Crippen molar-refractivity contribution in [3.63, 3.8) is 0 Å². The van der Waals surface area contributed by atoms with Gasteiger partial charge in [0.15, 0.2) is 0 Å². The standard InChI is InChI=1S/C15H30N2O2S/c1-6-9-17(14(18)19-15(3,4)5)10-8-16-13-7-11-20-12(13)2/h12-13,16H,6-11H2,1-5H3. The van der Waals surface area contributed by atoms with Gasteiger partial charge in [-0.25, -0.2) is 4.79 Å². The van der Waals surface area contributed by atoms with Crippen LogP contribution in [0.5, 0.6) is 0 Å². The highest BCUT2D eigenvalue weighted by Gasteiger charge is 2.24. The lowest BCUT2D eigenvalue weighted by Gasteiger charge is -2.28. The fourth-order valence-electron chi connectivity index (χ4n) is 2.28. The number of nitrogens with one attached hydrogen (secondary N) is 1. The molecule has 1 heterocycles. The Morgan fingerprint density at radius 2 is 2.10 bits per heavy atom. The van der Waals surface area contributed by atoms with E-state index < -0.39 is 5.60 Å². The van der Waals surface area contributed by atoms with Crippen molar-refractivity contribution in [2.45, 2.75) is 64.4 Å². The molecule has 0 aromatic heterocycles. The molecule has 1 N–H and O–H groups in total. The maximum absolute atomic E-state index is 12.1. The predicted molar refractivity (Wildman–Crippen MR) is 86.4 cm³/mol. The van der Waals surface area contributed by atoms with Gasteiger partial charge in [-0.2, -0.15) is 11.8 Å². The lowest BCUT2D eigenvalue weighted by atomic mass is 10.2. The first-order chi connectivity index (χ1) is 9.33. The SMILES string of the molecule is CCCN(CCNC1CCSC1C)C(=O)OC(C)(C)C. The average Bonchev–Trinajstić information content (AvgIpc) is 2.72. The zero-order chi connectivity index (χ0) is 15.2. The minimum atomic E-state index is -0.424. The van der Waals surface area contributed by atoms with Crippen LogP contribution in [0, 0.1) is 0 Å². The largest absolute Gasteiger partial charge is 0.444 e. The molecule has 1 aliphatic heterocycles. The van der Waals surface area contributed by atoms with Crippen molar-refractivity contribution >= 4 is 17.9 Å². The van der Waals surface area contributed by atoms with E-state index in [1.807, 2.05) is 37.4 Å². The number of thioether (sulfide) groups is 1. The monoisotopic (exact) mass is 302 g/mol. The second-order valence-corrected chi connectivity index (χ2v) is 7.88. The zero-order valence-electron chi connectivity index (χ0n) is 13.6. The maximum atomic E-state index is 12.1. The summed E-state index contributed by atoms with van der Waals surface area (Å²) in [6.07, 6.45) is 1.98. The minimum absolute atomic E-state index is 0.199. The fraction of sp³-hybridized carbons (Fsp3) is 0.933. The van der Waals surface area contributed by atoms with Crippen LogP contribution in [0.3, 0.4) is 0 Å². The van der Waals surface area contributed by atoms with Gasteiger partial charge in [-0.05, 0) is 39.4 Å². The molecular formula is C15H30N2O2S. The van der Waals surface area contributed by atoms with Crippen LogP contribution >= 0.6 is 11.8 Å².